The van der Waals surface area contributed by atoms with Gasteiger partial charge in [-0.3, -0.25) is 9.59 Å². The Hall–Kier alpha value is -4.57. The molecule has 33 heavy (non-hydrogen) atoms. The number of carbonyl (C=O) groups excluding carboxylic acids is 2. The van der Waals surface area contributed by atoms with Crippen molar-refractivity contribution in [2.24, 2.45) is 4.99 Å². The van der Waals surface area contributed by atoms with Crippen LogP contribution in [0.15, 0.2) is 89.4 Å². The monoisotopic (exact) mass is 438 g/mol. The molecule has 1 aliphatic heterocycles. The summed E-state index contributed by atoms with van der Waals surface area (Å²) in [5.41, 5.74) is 2.32. The van der Waals surface area contributed by atoms with Crippen molar-refractivity contribution in [3.8, 4) is 6.07 Å². The fourth-order valence-electron chi connectivity index (χ4n) is 3.50. The Balaban J connectivity index is 1.65. The number of hydrogen-bond acceptors (Lipinski definition) is 4. The lowest BCUT2D eigenvalue weighted by atomic mass is 10.0. The minimum absolute atomic E-state index is 0.156. The molecule has 2 N–H and O–H groups in total. The number of nitrogens with zero attached hydrogens (tertiary/aromatic N) is 2. The molecule has 0 aliphatic carbocycles. The van der Waals surface area contributed by atoms with Crippen LogP contribution in [0.5, 0.6) is 0 Å². The predicted molar refractivity (Wildman–Crippen MR) is 122 cm³/mol. The summed E-state index contributed by atoms with van der Waals surface area (Å²) in [7, 11) is 0. The highest BCUT2D eigenvalue weighted by Gasteiger charge is 2.27. The molecule has 0 aromatic heterocycles. The highest BCUT2D eigenvalue weighted by atomic mass is 19.1. The number of hydrogen-bond donors (Lipinski definition) is 2. The van der Waals surface area contributed by atoms with Gasteiger partial charge in [-0.15, -0.1) is 0 Å². The van der Waals surface area contributed by atoms with Crippen molar-refractivity contribution >= 4 is 23.3 Å². The van der Waals surface area contributed by atoms with E-state index in [-0.39, 0.29) is 28.7 Å². The molecule has 7 heteroatoms. The lowest BCUT2D eigenvalue weighted by Gasteiger charge is -2.14. The highest BCUT2D eigenvalue weighted by molar-refractivity contribution is 6.20. The molecule has 0 bridgehead atoms. The second-order valence-corrected chi connectivity index (χ2v) is 7.41. The zero-order chi connectivity index (χ0) is 23.4. The van der Waals surface area contributed by atoms with E-state index in [1.54, 1.807) is 24.3 Å². The SMILES string of the molecule is CC(NC(=O)/C(C#N)=C1\N=C(NC(=O)c2ccc(F)cc2)c2ccccc21)c1ccccc1. The minimum atomic E-state index is -0.562. The number of rotatable bonds is 4. The summed E-state index contributed by atoms with van der Waals surface area (Å²) in [5, 5.41) is 15.3. The molecule has 3 aromatic carbocycles. The highest BCUT2D eigenvalue weighted by Crippen LogP contribution is 2.31. The van der Waals surface area contributed by atoms with E-state index < -0.39 is 17.6 Å². The van der Waals surface area contributed by atoms with Crippen molar-refractivity contribution in [2.45, 2.75) is 13.0 Å². The Morgan fingerprint density at radius 1 is 0.939 bits per heavy atom. The number of nitrogens with one attached hydrogen (secondary N) is 2. The number of nitriles is 1. The standard InChI is InChI=1S/C26H19FN4O2/c1-16(17-7-3-2-4-8-17)29-26(33)22(15-28)23-20-9-5-6-10-21(20)24(30-23)31-25(32)18-11-13-19(27)14-12-18/h2-14,16H,1H3,(H,29,33)(H,30,31,32)/b23-22-. The Morgan fingerprint density at radius 3 is 2.24 bits per heavy atom. The Bertz CT molecular complexity index is 1320. The summed E-state index contributed by atoms with van der Waals surface area (Å²) in [6.45, 7) is 1.83. The first-order valence-corrected chi connectivity index (χ1v) is 10.2. The molecule has 0 saturated heterocycles. The van der Waals surface area contributed by atoms with Gasteiger partial charge in [-0.25, -0.2) is 9.38 Å². The van der Waals surface area contributed by atoms with Crippen LogP contribution in [-0.2, 0) is 4.79 Å². The number of fused-ring (bicyclic) bond motifs is 1. The first-order chi connectivity index (χ1) is 16.0. The van der Waals surface area contributed by atoms with Crippen LogP contribution in [0.1, 0.15) is 40.0 Å². The zero-order valence-electron chi connectivity index (χ0n) is 17.7. The minimum Gasteiger partial charge on any atom is -0.345 e. The Kier molecular flexibility index (Phi) is 6.09. The summed E-state index contributed by atoms with van der Waals surface area (Å²) in [4.78, 5) is 30.0. The van der Waals surface area contributed by atoms with Crippen LogP contribution in [0.4, 0.5) is 4.39 Å². The summed E-state index contributed by atoms with van der Waals surface area (Å²) in [5.74, 6) is -1.28. The average Bonchev–Trinajstić information content (AvgIpc) is 3.18. The van der Waals surface area contributed by atoms with Crippen LogP contribution < -0.4 is 10.6 Å². The summed E-state index contributed by atoms with van der Waals surface area (Å²) in [6, 6.07) is 23.1. The van der Waals surface area contributed by atoms with Gasteiger partial charge in [-0.1, -0.05) is 54.6 Å². The van der Waals surface area contributed by atoms with Gasteiger partial charge in [-0.05, 0) is 36.8 Å². The van der Waals surface area contributed by atoms with Crippen molar-refractivity contribution in [3.63, 3.8) is 0 Å². The molecule has 1 unspecified atom stereocenters. The maximum atomic E-state index is 13.2. The molecule has 6 nitrogen and oxygen atoms in total. The fraction of sp³-hybridized carbons (Fsp3) is 0.0769. The van der Waals surface area contributed by atoms with Gasteiger partial charge in [0.15, 0.2) is 0 Å². The average molecular weight is 438 g/mol. The Morgan fingerprint density at radius 2 is 1.58 bits per heavy atom. The molecule has 0 saturated carbocycles. The largest absolute Gasteiger partial charge is 0.345 e. The van der Waals surface area contributed by atoms with Crippen LogP contribution in [0.3, 0.4) is 0 Å². The van der Waals surface area contributed by atoms with Gasteiger partial charge in [-0.2, -0.15) is 5.26 Å². The maximum absolute atomic E-state index is 13.2. The first-order valence-electron chi connectivity index (χ1n) is 10.2. The second-order valence-electron chi connectivity index (χ2n) is 7.41. The van der Waals surface area contributed by atoms with E-state index in [9.17, 15) is 19.2 Å². The molecule has 1 aliphatic rings. The van der Waals surface area contributed by atoms with Crippen LogP contribution in [0, 0.1) is 17.1 Å². The van der Waals surface area contributed by atoms with Crippen LogP contribution in [-0.4, -0.2) is 17.6 Å². The molecular weight excluding hydrogens is 419 g/mol. The van der Waals surface area contributed by atoms with Crippen LogP contribution in [0.2, 0.25) is 0 Å². The van der Waals surface area contributed by atoms with E-state index in [0.29, 0.717) is 11.1 Å². The molecule has 1 atom stereocenters. The van der Waals surface area contributed by atoms with E-state index in [4.69, 9.17) is 0 Å². The molecule has 3 aromatic rings. The van der Waals surface area contributed by atoms with Crippen molar-refractivity contribution in [1.82, 2.24) is 10.6 Å². The molecular formula is C26H19FN4O2. The van der Waals surface area contributed by atoms with E-state index in [0.717, 1.165) is 5.56 Å². The molecule has 0 radical (unpaired) electrons. The maximum Gasteiger partial charge on any atom is 0.264 e. The first kappa shape index (κ1) is 21.7. The van der Waals surface area contributed by atoms with Gasteiger partial charge in [0.25, 0.3) is 11.8 Å². The quantitative estimate of drug-likeness (QED) is 0.474. The number of halogens is 1. The third kappa shape index (κ3) is 4.55. The Labute approximate surface area is 190 Å². The zero-order valence-corrected chi connectivity index (χ0v) is 17.7. The van der Waals surface area contributed by atoms with Crippen molar-refractivity contribution in [1.29, 1.82) is 5.26 Å². The molecule has 0 spiro atoms. The lowest BCUT2D eigenvalue weighted by molar-refractivity contribution is -0.117. The van der Waals surface area contributed by atoms with Gasteiger partial charge in [0.2, 0.25) is 0 Å². The van der Waals surface area contributed by atoms with Crippen molar-refractivity contribution in [3.05, 3.63) is 113 Å². The molecule has 4 rings (SSSR count). The van der Waals surface area contributed by atoms with E-state index in [2.05, 4.69) is 15.6 Å². The third-order valence-electron chi connectivity index (χ3n) is 5.22. The summed E-state index contributed by atoms with van der Waals surface area (Å²) < 4.78 is 13.2. The van der Waals surface area contributed by atoms with Gasteiger partial charge >= 0.3 is 0 Å². The van der Waals surface area contributed by atoms with Gasteiger partial charge < -0.3 is 10.6 Å². The van der Waals surface area contributed by atoms with E-state index in [1.807, 2.05) is 43.3 Å². The third-order valence-corrected chi connectivity index (χ3v) is 5.22. The number of amides is 2. The predicted octanol–water partition coefficient (Wildman–Crippen LogP) is 4.13. The van der Waals surface area contributed by atoms with Crippen LogP contribution >= 0.6 is 0 Å². The number of benzene rings is 3. The smallest absolute Gasteiger partial charge is 0.264 e. The normalized spacial score (nSPS) is 14.4. The van der Waals surface area contributed by atoms with E-state index >= 15 is 0 Å². The van der Waals surface area contributed by atoms with Gasteiger partial charge in [0.05, 0.1) is 11.7 Å². The van der Waals surface area contributed by atoms with Gasteiger partial charge in [0.1, 0.15) is 23.3 Å². The van der Waals surface area contributed by atoms with Crippen LogP contribution in [0.25, 0.3) is 5.70 Å². The fourth-order valence-corrected chi connectivity index (χ4v) is 3.50. The van der Waals surface area contributed by atoms with Crippen molar-refractivity contribution in [2.75, 3.05) is 0 Å². The van der Waals surface area contributed by atoms with Crippen molar-refractivity contribution < 1.29 is 14.0 Å². The van der Waals surface area contributed by atoms with E-state index in [1.165, 1.54) is 24.3 Å². The number of aliphatic imine (C=N–C) groups is 1. The van der Waals surface area contributed by atoms with Gasteiger partial charge in [0, 0.05) is 16.7 Å². The second kappa shape index (κ2) is 9.28. The topological polar surface area (TPSA) is 94.3 Å². The summed E-state index contributed by atoms with van der Waals surface area (Å²) >= 11 is 0. The number of amidine groups is 1. The lowest BCUT2D eigenvalue weighted by Crippen LogP contribution is -2.30. The number of carbonyl (C=O) groups is 2. The summed E-state index contributed by atoms with van der Waals surface area (Å²) in [6.07, 6.45) is 0. The molecule has 0 fully saturated rings. The molecule has 1 heterocycles. The molecule has 162 valence electrons. The molecule has 2 amide bonds.